The van der Waals surface area contributed by atoms with Gasteiger partial charge in [0.15, 0.2) is 0 Å². The quantitative estimate of drug-likeness (QED) is 0.577. The average molecular weight is 409 g/mol. The van der Waals surface area contributed by atoms with E-state index in [2.05, 4.69) is 56.3 Å². The Hall–Kier alpha value is -1.33. The highest BCUT2D eigenvalue weighted by Crippen LogP contribution is 2.32. The van der Waals surface area contributed by atoms with E-state index in [0.29, 0.717) is 6.04 Å². The Morgan fingerprint density at radius 2 is 1.81 bits per heavy atom. The molecule has 2 N–H and O–H groups in total. The molecular formula is C16H15Br2N3. The summed E-state index contributed by atoms with van der Waals surface area (Å²) in [5, 5.41) is 0. The molecule has 21 heavy (non-hydrogen) atoms. The first-order valence-electron chi connectivity index (χ1n) is 6.69. The number of hydrogen-bond donors (Lipinski definition) is 1. The van der Waals surface area contributed by atoms with Crippen LogP contribution < -0.4 is 5.73 Å². The van der Waals surface area contributed by atoms with E-state index in [1.54, 1.807) is 0 Å². The van der Waals surface area contributed by atoms with Crippen molar-refractivity contribution in [3.63, 3.8) is 0 Å². The summed E-state index contributed by atoms with van der Waals surface area (Å²) in [4.78, 5) is 4.80. The molecule has 0 aliphatic heterocycles. The summed E-state index contributed by atoms with van der Waals surface area (Å²) in [6.45, 7) is 4.32. The molecule has 0 saturated carbocycles. The smallest absolute Gasteiger partial charge is 0.141 e. The summed E-state index contributed by atoms with van der Waals surface area (Å²) in [6, 6.07) is 12.4. The number of anilines is 1. The summed E-state index contributed by atoms with van der Waals surface area (Å²) in [6.07, 6.45) is 0. The lowest BCUT2D eigenvalue weighted by molar-refractivity contribution is 0.624. The van der Waals surface area contributed by atoms with Gasteiger partial charge in [-0.15, -0.1) is 0 Å². The van der Waals surface area contributed by atoms with Crippen molar-refractivity contribution in [2.75, 3.05) is 5.73 Å². The van der Waals surface area contributed by atoms with Gasteiger partial charge in [0.25, 0.3) is 0 Å². The number of nitrogen functional groups attached to an aromatic ring is 1. The van der Waals surface area contributed by atoms with Crippen molar-refractivity contribution in [1.29, 1.82) is 0 Å². The molecule has 1 heterocycles. The molecule has 108 valence electrons. The van der Waals surface area contributed by atoms with E-state index in [4.69, 9.17) is 10.7 Å². The monoisotopic (exact) mass is 407 g/mol. The van der Waals surface area contributed by atoms with Crippen LogP contribution in [0.2, 0.25) is 0 Å². The van der Waals surface area contributed by atoms with Gasteiger partial charge in [0.1, 0.15) is 5.82 Å². The van der Waals surface area contributed by atoms with Crippen LogP contribution >= 0.6 is 31.9 Å². The third-order valence-electron chi connectivity index (χ3n) is 3.35. The second-order valence-corrected chi connectivity index (χ2v) is 7.14. The zero-order valence-corrected chi connectivity index (χ0v) is 14.9. The van der Waals surface area contributed by atoms with Crippen LogP contribution in [-0.2, 0) is 0 Å². The van der Waals surface area contributed by atoms with Crippen molar-refractivity contribution in [2.45, 2.75) is 19.9 Å². The van der Waals surface area contributed by atoms with E-state index in [1.807, 2.05) is 30.3 Å². The van der Waals surface area contributed by atoms with E-state index in [0.717, 1.165) is 37.1 Å². The van der Waals surface area contributed by atoms with Crippen molar-refractivity contribution in [3.8, 4) is 11.4 Å². The van der Waals surface area contributed by atoms with E-state index < -0.39 is 0 Å². The first kappa shape index (κ1) is 14.6. The first-order valence-corrected chi connectivity index (χ1v) is 8.28. The normalized spacial score (nSPS) is 11.5. The fourth-order valence-corrected chi connectivity index (χ4v) is 3.40. The molecule has 0 fully saturated rings. The van der Waals surface area contributed by atoms with Gasteiger partial charge in [-0.1, -0.05) is 31.9 Å². The van der Waals surface area contributed by atoms with Crippen LogP contribution in [-0.4, -0.2) is 9.55 Å². The molecule has 0 spiro atoms. The third-order valence-corrected chi connectivity index (χ3v) is 4.30. The minimum atomic E-state index is 0.311. The standard InChI is InChI=1S/C16H15Br2N3/c1-9(2)21-15-4-3-11(17)8-14(15)20-16(21)10-5-12(18)7-13(19)6-10/h3-9H,19H2,1-2H3. The number of nitrogens with zero attached hydrogens (tertiary/aromatic N) is 2. The lowest BCUT2D eigenvalue weighted by atomic mass is 10.2. The molecule has 3 rings (SSSR count). The molecule has 5 heteroatoms. The molecule has 0 radical (unpaired) electrons. The summed E-state index contributed by atoms with van der Waals surface area (Å²) in [5.41, 5.74) is 9.81. The Morgan fingerprint density at radius 1 is 1.05 bits per heavy atom. The molecule has 0 amide bonds. The molecule has 1 aromatic heterocycles. The Labute approximate surface area is 140 Å². The van der Waals surface area contributed by atoms with Gasteiger partial charge in [-0.25, -0.2) is 4.98 Å². The SMILES string of the molecule is CC(C)n1c(-c2cc(N)cc(Br)c2)nc2cc(Br)ccc21. The van der Waals surface area contributed by atoms with Crippen LogP contribution in [0.4, 0.5) is 5.69 Å². The second kappa shape index (κ2) is 5.46. The van der Waals surface area contributed by atoms with Crippen molar-refractivity contribution < 1.29 is 0 Å². The molecule has 0 bridgehead atoms. The highest BCUT2D eigenvalue weighted by atomic mass is 79.9. The predicted octanol–water partition coefficient (Wildman–Crippen LogP) is 5.39. The van der Waals surface area contributed by atoms with Gasteiger partial charge in [0.2, 0.25) is 0 Å². The van der Waals surface area contributed by atoms with Crippen LogP contribution in [0.25, 0.3) is 22.4 Å². The molecule has 0 saturated heterocycles. The zero-order chi connectivity index (χ0) is 15.1. The zero-order valence-electron chi connectivity index (χ0n) is 11.8. The van der Waals surface area contributed by atoms with Crippen molar-refractivity contribution in [1.82, 2.24) is 9.55 Å². The number of rotatable bonds is 2. The maximum Gasteiger partial charge on any atom is 0.141 e. The van der Waals surface area contributed by atoms with E-state index in [1.165, 1.54) is 0 Å². The third kappa shape index (κ3) is 2.72. The number of aromatic nitrogens is 2. The van der Waals surface area contributed by atoms with Crippen LogP contribution in [0.1, 0.15) is 19.9 Å². The summed E-state index contributed by atoms with van der Waals surface area (Å²) in [7, 11) is 0. The lowest BCUT2D eigenvalue weighted by Gasteiger charge is -2.13. The van der Waals surface area contributed by atoms with E-state index >= 15 is 0 Å². The van der Waals surface area contributed by atoms with Crippen molar-refractivity contribution >= 4 is 48.6 Å². The van der Waals surface area contributed by atoms with Crippen molar-refractivity contribution in [3.05, 3.63) is 45.3 Å². The maximum absolute atomic E-state index is 5.97. The van der Waals surface area contributed by atoms with Gasteiger partial charge >= 0.3 is 0 Å². The van der Waals surface area contributed by atoms with Gasteiger partial charge < -0.3 is 10.3 Å². The first-order chi connectivity index (χ1) is 9.95. The Bertz CT molecular complexity index is 801. The maximum atomic E-state index is 5.97. The fraction of sp³-hybridized carbons (Fsp3) is 0.188. The largest absolute Gasteiger partial charge is 0.399 e. The lowest BCUT2D eigenvalue weighted by Crippen LogP contribution is -2.03. The van der Waals surface area contributed by atoms with Crippen LogP contribution in [0.5, 0.6) is 0 Å². The molecule has 3 nitrogen and oxygen atoms in total. The molecule has 3 aromatic rings. The second-order valence-electron chi connectivity index (χ2n) is 5.31. The predicted molar refractivity (Wildman–Crippen MR) is 95.4 cm³/mol. The number of nitrogens with two attached hydrogens (primary N) is 1. The fourth-order valence-electron chi connectivity index (χ4n) is 2.54. The number of hydrogen-bond acceptors (Lipinski definition) is 2. The van der Waals surface area contributed by atoms with E-state index in [-0.39, 0.29) is 0 Å². The van der Waals surface area contributed by atoms with Gasteiger partial charge in [0, 0.05) is 26.2 Å². The van der Waals surface area contributed by atoms with E-state index in [9.17, 15) is 0 Å². The van der Waals surface area contributed by atoms with Gasteiger partial charge in [-0.05, 0) is 50.2 Å². The van der Waals surface area contributed by atoms with Crippen LogP contribution in [0, 0.1) is 0 Å². The molecule has 0 aliphatic rings. The molecule has 0 unspecified atom stereocenters. The summed E-state index contributed by atoms with van der Waals surface area (Å²) in [5.74, 6) is 0.936. The molecule has 0 aliphatic carbocycles. The van der Waals surface area contributed by atoms with Crippen LogP contribution in [0.15, 0.2) is 45.3 Å². The Morgan fingerprint density at radius 3 is 2.48 bits per heavy atom. The molecular weight excluding hydrogens is 394 g/mol. The number of halogens is 2. The number of benzene rings is 2. The van der Waals surface area contributed by atoms with Gasteiger partial charge in [-0.2, -0.15) is 0 Å². The average Bonchev–Trinajstić information content (AvgIpc) is 2.75. The van der Waals surface area contributed by atoms with Gasteiger partial charge in [0.05, 0.1) is 11.0 Å². The minimum Gasteiger partial charge on any atom is -0.399 e. The topological polar surface area (TPSA) is 43.8 Å². The Balaban J connectivity index is 2.33. The highest BCUT2D eigenvalue weighted by Gasteiger charge is 2.15. The molecule has 0 atom stereocenters. The highest BCUT2D eigenvalue weighted by molar-refractivity contribution is 9.10. The van der Waals surface area contributed by atoms with Crippen LogP contribution in [0.3, 0.4) is 0 Å². The summed E-state index contributed by atoms with van der Waals surface area (Å²) < 4.78 is 4.23. The molecule has 2 aromatic carbocycles. The van der Waals surface area contributed by atoms with Crippen molar-refractivity contribution in [2.24, 2.45) is 0 Å². The number of imidazole rings is 1. The summed E-state index contributed by atoms with van der Waals surface area (Å²) >= 11 is 7.01. The Kier molecular flexibility index (Phi) is 3.80. The van der Waals surface area contributed by atoms with Gasteiger partial charge in [-0.3, -0.25) is 0 Å². The minimum absolute atomic E-state index is 0.311. The number of fused-ring (bicyclic) bond motifs is 1.